The smallest absolute Gasteiger partial charge is 0.332 e. The van der Waals surface area contributed by atoms with Gasteiger partial charge in [0.2, 0.25) is 0 Å². The first kappa shape index (κ1) is 13.3. The van der Waals surface area contributed by atoms with E-state index in [2.05, 4.69) is 9.82 Å². The average molecular weight is 281 g/mol. The lowest BCUT2D eigenvalue weighted by atomic mass is 10.1. The van der Waals surface area contributed by atoms with E-state index in [4.69, 9.17) is 16.7 Å². The molecule has 0 saturated carbocycles. The first-order valence-corrected chi connectivity index (χ1v) is 5.64. The van der Waals surface area contributed by atoms with Crippen LogP contribution in [0.5, 0.6) is 0 Å². The molecule has 0 aliphatic carbocycles. The number of nitrogens with zero attached hydrogens (tertiary/aromatic N) is 1. The van der Waals surface area contributed by atoms with Gasteiger partial charge in [0, 0.05) is 11.6 Å². The molecule has 1 amide bonds. The number of carboxylic acid groups (broad SMARTS) is 1. The lowest BCUT2D eigenvalue weighted by Crippen LogP contribution is -2.26. The number of carboxylic acids is 1. The summed E-state index contributed by atoms with van der Waals surface area (Å²) < 4.78 is 0. The molecule has 0 fully saturated rings. The van der Waals surface area contributed by atoms with Gasteiger partial charge in [-0.3, -0.25) is 9.63 Å². The molecule has 7 heteroatoms. The summed E-state index contributed by atoms with van der Waals surface area (Å²) in [6.07, 6.45) is 1.31. The van der Waals surface area contributed by atoms with Gasteiger partial charge in [-0.2, -0.15) is 0 Å². The van der Waals surface area contributed by atoms with Crippen LogP contribution >= 0.6 is 11.6 Å². The summed E-state index contributed by atoms with van der Waals surface area (Å²) in [6.45, 7) is -0.620. The van der Waals surface area contributed by atoms with Gasteiger partial charge in [0.05, 0.1) is 5.56 Å². The van der Waals surface area contributed by atoms with Crippen LogP contribution < -0.4 is 5.48 Å². The summed E-state index contributed by atoms with van der Waals surface area (Å²) in [6, 6.07) is 6.99. The maximum atomic E-state index is 11.8. The molecule has 0 spiro atoms. The third-order valence-corrected chi connectivity index (χ3v) is 2.65. The zero-order valence-corrected chi connectivity index (χ0v) is 10.3. The van der Waals surface area contributed by atoms with E-state index in [1.165, 1.54) is 6.20 Å². The minimum Gasteiger partial charge on any atom is -0.479 e. The molecule has 0 saturated heterocycles. The van der Waals surface area contributed by atoms with Gasteiger partial charge in [0.1, 0.15) is 5.15 Å². The highest BCUT2D eigenvalue weighted by Gasteiger charge is 2.13. The number of aliphatic carboxylic acids is 1. The van der Waals surface area contributed by atoms with E-state index in [0.29, 0.717) is 15.9 Å². The van der Waals surface area contributed by atoms with E-state index in [-0.39, 0.29) is 5.56 Å². The molecule has 0 atom stereocenters. The summed E-state index contributed by atoms with van der Waals surface area (Å²) in [4.78, 5) is 30.5. The minimum atomic E-state index is -1.18. The van der Waals surface area contributed by atoms with Crippen molar-refractivity contribution in [1.82, 2.24) is 10.5 Å². The number of hydrogen-bond acceptors (Lipinski definition) is 4. The number of fused-ring (bicyclic) bond motifs is 1. The number of pyridine rings is 1. The molecule has 0 aliphatic rings. The first-order valence-electron chi connectivity index (χ1n) is 5.27. The number of aromatic nitrogens is 1. The fraction of sp³-hybridized carbons (Fsp3) is 0.0833. The Bertz CT molecular complexity index is 645. The second kappa shape index (κ2) is 5.64. The highest BCUT2D eigenvalue weighted by Crippen LogP contribution is 2.23. The van der Waals surface area contributed by atoms with Gasteiger partial charge >= 0.3 is 5.97 Å². The van der Waals surface area contributed by atoms with Crippen LogP contribution in [0.2, 0.25) is 5.15 Å². The number of nitrogens with one attached hydrogen (secondary N) is 1. The number of rotatable bonds is 4. The summed E-state index contributed by atoms with van der Waals surface area (Å²) in [5, 5.41) is 9.93. The molecule has 2 rings (SSSR count). The second-order valence-corrected chi connectivity index (χ2v) is 3.98. The van der Waals surface area contributed by atoms with Crippen LogP contribution in [0.4, 0.5) is 0 Å². The number of hydroxylamine groups is 1. The molecular weight excluding hydrogens is 272 g/mol. The van der Waals surface area contributed by atoms with Crippen molar-refractivity contribution in [3.05, 3.63) is 41.2 Å². The summed E-state index contributed by atoms with van der Waals surface area (Å²) in [7, 11) is 0. The zero-order valence-electron chi connectivity index (χ0n) is 9.59. The number of amides is 1. The minimum absolute atomic E-state index is 0.255. The van der Waals surface area contributed by atoms with Crippen LogP contribution in [-0.2, 0) is 9.63 Å². The van der Waals surface area contributed by atoms with Crippen molar-refractivity contribution in [2.75, 3.05) is 6.61 Å². The molecule has 1 aromatic carbocycles. The van der Waals surface area contributed by atoms with Crippen LogP contribution in [-0.4, -0.2) is 28.6 Å². The van der Waals surface area contributed by atoms with E-state index >= 15 is 0 Å². The van der Waals surface area contributed by atoms with E-state index in [0.717, 1.165) is 0 Å². The van der Waals surface area contributed by atoms with Gasteiger partial charge in [-0.25, -0.2) is 15.3 Å². The number of carbonyl (C=O) groups is 2. The molecule has 1 aromatic heterocycles. The normalized spacial score (nSPS) is 10.4. The van der Waals surface area contributed by atoms with Crippen molar-refractivity contribution in [2.45, 2.75) is 0 Å². The number of benzene rings is 1. The van der Waals surface area contributed by atoms with E-state index in [1.54, 1.807) is 24.3 Å². The Labute approximate surface area is 112 Å². The van der Waals surface area contributed by atoms with Crippen molar-refractivity contribution >= 4 is 34.2 Å². The lowest BCUT2D eigenvalue weighted by Gasteiger charge is -2.07. The monoisotopic (exact) mass is 280 g/mol. The Morgan fingerprint density at radius 2 is 2.00 bits per heavy atom. The predicted molar refractivity (Wildman–Crippen MR) is 67.8 cm³/mol. The van der Waals surface area contributed by atoms with Crippen LogP contribution in [0.3, 0.4) is 0 Å². The van der Waals surface area contributed by atoms with Crippen LogP contribution in [0, 0.1) is 0 Å². The maximum absolute atomic E-state index is 11.8. The Morgan fingerprint density at radius 1 is 1.32 bits per heavy atom. The summed E-state index contributed by atoms with van der Waals surface area (Å²) in [5.41, 5.74) is 2.29. The van der Waals surface area contributed by atoms with Gasteiger partial charge in [-0.1, -0.05) is 35.9 Å². The van der Waals surface area contributed by atoms with Crippen LogP contribution in [0.1, 0.15) is 10.4 Å². The van der Waals surface area contributed by atoms with Gasteiger partial charge in [0.25, 0.3) is 5.91 Å². The predicted octanol–water partition coefficient (Wildman–Crippen LogP) is 1.63. The Hall–Kier alpha value is -2.18. The molecule has 0 bridgehead atoms. The van der Waals surface area contributed by atoms with E-state index < -0.39 is 18.5 Å². The lowest BCUT2D eigenvalue weighted by molar-refractivity contribution is -0.144. The molecular formula is C12H9ClN2O4. The van der Waals surface area contributed by atoms with Gasteiger partial charge < -0.3 is 5.11 Å². The Morgan fingerprint density at radius 3 is 2.68 bits per heavy atom. The molecule has 0 unspecified atom stereocenters. The first-order chi connectivity index (χ1) is 9.09. The molecule has 98 valence electrons. The second-order valence-electron chi connectivity index (χ2n) is 3.62. The Kier molecular flexibility index (Phi) is 3.94. The number of carbonyl (C=O) groups excluding carboxylic acids is 1. The highest BCUT2D eigenvalue weighted by atomic mass is 35.5. The molecule has 19 heavy (non-hydrogen) atoms. The summed E-state index contributed by atoms with van der Waals surface area (Å²) in [5.74, 6) is -1.76. The van der Waals surface area contributed by atoms with Gasteiger partial charge in [-0.15, -0.1) is 0 Å². The number of hydrogen-bond donors (Lipinski definition) is 2. The van der Waals surface area contributed by atoms with Gasteiger partial charge in [0.15, 0.2) is 6.61 Å². The largest absolute Gasteiger partial charge is 0.479 e. The van der Waals surface area contributed by atoms with Crippen LogP contribution in [0.15, 0.2) is 30.5 Å². The van der Waals surface area contributed by atoms with Crippen LogP contribution in [0.25, 0.3) is 10.8 Å². The third kappa shape index (κ3) is 2.98. The molecule has 0 radical (unpaired) electrons. The van der Waals surface area contributed by atoms with E-state index in [9.17, 15) is 9.59 Å². The van der Waals surface area contributed by atoms with E-state index in [1.807, 2.05) is 5.48 Å². The molecule has 6 nitrogen and oxygen atoms in total. The van der Waals surface area contributed by atoms with Crippen molar-refractivity contribution in [3.8, 4) is 0 Å². The van der Waals surface area contributed by atoms with Crippen molar-refractivity contribution < 1.29 is 19.5 Å². The highest BCUT2D eigenvalue weighted by molar-refractivity contribution is 6.34. The quantitative estimate of drug-likeness (QED) is 0.656. The summed E-state index contributed by atoms with van der Waals surface area (Å²) >= 11 is 5.93. The SMILES string of the molecule is O=C(O)CONC(=O)c1cnc(Cl)c2ccccc12. The molecule has 2 aromatic rings. The van der Waals surface area contributed by atoms with Crippen molar-refractivity contribution in [3.63, 3.8) is 0 Å². The molecule has 1 heterocycles. The molecule has 0 aliphatic heterocycles. The maximum Gasteiger partial charge on any atom is 0.332 e. The van der Waals surface area contributed by atoms with Gasteiger partial charge in [-0.05, 0) is 5.39 Å². The standard InChI is InChI=1S/C12H9ClN2O4/c13-11-8-4-2-1-3-7(8)9(5-14-11)12(18)15-19-6-10(16)17/h1-5H,6H2,(H,15,18)(H,16,17). The van der Waals surface area contributed by atoms with Crippen molar-refractivity contribution in [1.29, 1.82) is 0 Å². The third-order valence-electron chi connectivity index (χ3n) is 2.35. The average Bonchev–Trinajstić information content (AvgIpc) is 2.39. The fourth-order valence-electron chi connectivity index (χ4n) is 1.56. The number of halogens is 1. The Balaban J connectivity index is 2.27. The topological polar surface area (TPSA) is 88.5 Å². The fourth-order valence-corrected chi connectivity index (χ4v) is 1.77. The molecule has 2 N–H and O–H groups in total. The zero-order chi connectivity index (χ0) is 13.8. The van der Waals surface area contributed by atoms with Crippen molar-refractivity contribution in [2.24, 2.45) is 0 Å².